The lowest BCUT2D eigenvalue weighted by Gasteiger charge is -2.43. The molecule has 2 rings (SSSR count). The van der Waals surface area contributed by atoms with Crippen molar-refractivity contribution in [3.8, 4) is 0 Å². The molecule has 1 aliphatic rings. The van der Waals surface area contributed by atoms with Crippen molar-refractivity contribution >= 4 is 23.2 Å². The third-order valence-corrected chi connectivity index (χ3v) is 5.20. The average molecular weight is 330 g/mol. The monoisotopic (exact) mass is 329 g/mol. The van der Waals surface area contributed by atoms with E-state index >= 15 is 0 Å². The highest BCUT2D eigenvalue weighted by atomic mass is 35.5. The number of halogens is 2. The second-order valence-electron chi connectivity index (χ2n) is 6.05. The summed E-state index contributed by atoms with van der Waals surface area (Å²) in [5.74, 6) is 0. The van der Waals surface area contributed by atoms with Crippen molar-refractivity contribution in [2.75, 3.05) is 13.7 Å². The van der Waals surface area contributed by atoms with E-state index in [0.717, 1.165) is 25.8 Å². The minimum Gasteiger partial charge on any atom is -0.378 e. The number of nitrogens with one attached hydrogen (secondary N) is 1. The van der Waals surface area contributed by atoms with Crippen LogP contribution in [0.2, 0.25) is 10.0 Å². The molecule has 2 nitrogen and oxygen atoms in total. The largest absolute Gasteiger partial charge is 0.378 e. The summed E-state index contributed by atoms with van der Waals surface area (Å²) in [7, 11) is 1.84. The first-order valence-corrected chi connectivity index (χ1v) is 8.56. The van der Waals surface area contributed by atoms with Gasteiger partial charge in [-0.25, -0.2) is 0 Å². The van der Waals surface area contributed by atoms with E-state index < -0.39 is 0 Å². The highest BCUT2D eigenvalue weighted by molar-refractivity contribution is 6.42. The number of rotatable bonds is 8. The third-order valence-electron chi connectivity index (χ3n) is 4.47. The lowest BCUT2D eigenvalue weighted by molar-refractivity contribution is -0.0834. The lowest BCUT2D eigenvalue weighted by atomic mass is 9.75. The van der Waals surface area contributed by atoms with Crippen LogP contribution in [0.3, 0.4) is 0 Å². The Balaban J connectivity index is 2.02. The number of hydrogen-bond acceptors (Lipinski definition) is 2. The zero-order valence-corrected chi connectivity index (χ0v) is 14.4. The number of methoxy groups -OCH3 is 1. The second kappa shape index (κ2) is 7.82. The minimum atomic E-state index is 0.0849. The van der Waals surface area contributed by atoms with E-state index in [1.165, 1.54) is 24.8 Å². The fourth-order valence-corrected chi connectivity index (χ4v) is 3.35. The molecule has 1 N–H and O–H groups in total. The molecule has 0 radical (unpaired) electrons. The normalized spacial score (nSPS) is 18.3. The first-order valence-electron chi connectivity index (χ1n) is 7.81. The van der Waals surface area contributed by atoms with E-state index in [4.69, 9.17) is 27.9 Å². The molecule has 0 heterocycles. The molecule has 118 valence electrons. The second-order valence-corrected chi connectivity index (χ2v) is 6.86. The van der Waals surface area contributed by atoms with Gasteiger partial charge in [0.15, 0.2) is 0 Å². The molecule has 4 heteroatoms. The van der Waals surface area contributed by atoms with Crippen LogP contribution in [0.25, 0.3) is 0 Å². The summed E-state index contributed by atoms with van der Waals surface area (Å²) >= 11 is 12.1. The van der Waals surface area contributed by atoms with Crippen LogP contribution in [0.5, 0.6) is 0 Å². The van der Waals surface area contributed by atoms with Crippen molar-refractivity contribution in [1.29, 1.82) is 0 Å². The summed E-state index contributed by atoms with van der Waals surface area (Å²) in [5, 5.41) is 4.90. The number of benzene rings is 1. The molecule has 1 saturated carbocycles. The standard InChI is InChI=1S/C17H25Cl2NO/c1-3-9-20-14(12-17(21-2)7-4-8-17)10-13-5-6-15(18)16(19)11-13/h5-6,11,14,20H,3-4,7-10,12H2,1-2H3. The van der Waals surface area contributed by atoms with Crippen molar-refractivity contribution in [2.24, 2.45) is 0 Å². The molecule has 0 saturated heterocycles. The van der Waals surface area contributed by atoms with Crippen molar-refractivity contribution in [3.63, 3.8) is 0 Å². The van der Waals surface area contributed by atoms with Gasteiger partial charge in [-0.1, -0.05) is 36.2 Å². The fourth-order valence-electron chi connectivity index (χ4n) is 3.03. The van der Waals surface area contributed by atoms with Crippen LogP contribution in [-0.2, 0) is 11.2 Å². The van der Waals surface area contributed by atoms with Gasteiger partial charge in [-0.15, -0.1) is 0 Å². The highest BCUT2D eigenvalue weighted by Crippen LogP contribution is 2.39. The number of ether oxygens (including phenoxy) is 1. The first-order chi connectivity index (χ1) is 10.1. The van der Waals surface area contributed by atoms with E-state index in [9.17, 15) is 0 Å². The molecule has 0 aliphatic heterocycles. The van der Waals surface area contributed by atoms with Crippen molar-refractivity contribution in [2.45, 2.75) is 57.1 Å². The zero-order valence-electron chi connectivity index (χ0n) is 12.9. The van der Waals surface area contributed by atoms with Crippen molar-refractivity contribution in [3.05, 3.63) is 33.8 Å². The summed E-state index contributed by atoms with van der Waals surface area (Å²) in [5.41, 5.74) is 1.31. The van der Waals surface area contributed by atoms with Gasteiger partial charge in [0.25, 0.3) is 0 Å². The zero-order chi connectivity index (χ0) is 15.3. The maximum atomic E-state index is 6.12. The average Bonchev–Trinajstić information content (AvgIpc) is 2.44. The molecule has 1 unspecified atom stereocenters. The molecule has 0 spiro atoms. The van der Waals surface area contributed by atoms with Gasteiger partial charge in [0.2, 0.25) is 0 Å². The Bertz CT molecular complexity index is 455. The lowest BCUT2D eigenvalue weighted by Crippen LogP contribution is -2.46. The van der Waals surface area contributed by atoms with Crippen LogP contribution in [0.4, 0.5) is 0 Å². The van der Waals surface area contributed by atoms with Gasteiger partial charge in [-0.2, -0.15) is 0 Å². The molecule has 0 bridgehead atoms. The maximum absolute atomic E-state index is 6.12. The van der Waals surface area contributed by atoms with Gasteiger partial charge in [-0.05, 0) is 62.8 Å². The van der Waals surface area contributed by atoms with Gasteiger partial charge in [0.05, 0.1) is 15.6 Å². The van der Waals surface area contributed by atoms with Crippen molar-refractivity contribution < 1.29 is 4.74 Å². The van der Waals surface area contributed by atoms with Crippen LogP contribution in [0, 0.1) is 0 Å². The SMILES string of the molecule is CCCNC(Cc1ccc(Cl)c(Cl)c1)CC1(OC)CCC1. The fraction of sp³-hybridized carbons (Fsp3) is 0.647. The smallest absolute Gasteiger partial charge is 0.0693 e. The van der Waals surface area contributed by atoms with Gasteiger partial charge >= 0.3 is 0 Å². The minimum absolute atomic E-state index is 0.0849. The Kier molecular flexibility index (Phi) is 6.36. The van der Waals surface area contributed by atoms with Gasteiger partial charge < -0.3 is 10.1 Å². The van der Waals surface area contributed by atoms with Crippen LogP contribution in [0.15, 0.2) is 18.2 Å². The molecule has 1 aliphatic carbocycles. The van der Waals surface area contributed by atoms with E-state index in [-0.39, 0.29) is 5.60 Å². The Hall–Kier alpha value is -0.280. The predicted octanol–water partition coefficient (Wildman–Crippen LogP) is 4.86. The first kappa shape index (κ1) is 17.1. The third kappa shape index (κ3) is 4.59. The summed E-state index contributed by atoms with van der Waals surface area (Å²) in [6.07, 6.45) is 6.79. The van der Waals surface area contributed by atoms with E-state index in [1.54, 1.807) is 0 Å². The molecule has 1 aromatic carbocycles. The molecule has 0 amide bonds. The van der Waals surface area contributed by atoms with Gasteiger partial charge in [0.1, 0.15) is 0 Å². The van der Waals surface area contributed by atoms with Crippen molar-refractivity contribution in [1.82, 2.24) is 5.32 Å². The Labute approximate surface area is 138 Å². The Morgan fingerprint density at radius 2 is 2.05 bits per heavy atom. The van der Waals surface area contributed by atoms with Crippen LogP contribution in [0.1, 0.15) is 44.6 Å². The molecule has 1 atom stereocenters. The maximum Gasteiger partial charge on any atom is 0.0693 e. The van der Waals surface area contributed by atoms with E-state index in [1.807, 2.05) is 19.2 Å². The highest BCUT2D eigenvalue weighted by Gasteiger charge is 2.38. The summed E-state index contributed by atoms with van der Waals surface area (Å²) < 4.78 is 5.78. The molecular formula is C17H25Cl2NO. The summed E-state index contributed by atoms with van der Waals surface area (Å²) in [6, 6.07) is 6.34. The summed E-state index contributed by atoms with van der Waals surface area (Å²) in [4.78, 5) is 0. The quantitative estimate of drug-likeness (QED) is 0.735. The van der Waals surface area contributed by atoms with Crippen LogP contribution in [-0.4, -0.2) is 25.3 Å². The van der Waals surface area contributed by atoms with Crippen LogP contribution >= 0.6 is 23.2 Å². The molecular weight excluding hydrogens is 305 g/mol. The van der Waals surface area contributed by atoms with Gasteiger partial charge in [-0.3, -0.25) is 0 Å². The number of hydrogen-bond donors (Lipinski definition) is 1. The van der Waals surface area contributed by atoms with Crippen LogP contribution < -0.4 is 5.32 Å². The molecule has 21 heavy (non-hydrogen) atoms. The Morgan fingerprint density at radius 3 is 2.57 bits per heavy atom. The predicted molar refractivity (Wildman–Crippen MR) is 90.5 cm³/mol. The van der Waals surface area contributed by atoms with E-state index in [0.29, 0.717) is 16.1 Å². The van der Waals surface area contributed by atoms with E-state index in [2.05, 4.69) is 18.3 Å². The molecule has 1 aromatic rings. The molecule has 0 aromatic heterocycles. The van der Waals surface area contributed by atoms with Gasteiger partial charge in [0, 0.05) is 13.2 Å². The Morgan fingerprint density at radius 1 is 1.29 bits per heavy atom. The summed E-state index contributed by atoms with van der Waals surface area (Å²) in [6.45, 7) is 3.23. The topological polar surface area (TPSA) is 21.3 Å². The molecule has 1 fully saturated rings.